The standard InChI is InChI=1S/C12H6BrClN4O2.C6H7N3O3/c13-8-5-15-10-9(16-8)11(19)18(12(20)17-10)7-3-1-2-6(14)4-7;1-12-3-2-8-5(7)4(9-3)6(10)11/h1-5H,(H,15,17,20);2H,1H3,(H2,7,8)(H,10,11). The zero-order chi connectivity index (χ0) is 23.4. The number of hydrogen-bond acceptors (Lipinski definition) is 9. The number of fused-ring (bicyclic) bond motifs is 1. The molecule has 14 heteroatoms. The summed E-state index contributed by atoms with van der Waals surface area (Å²) in [6.45, 7) is 0. The van der Waals surface area contributed by atoms with Gasteiger partial charge >= 0.3 is 11.7 Å². The Bertz CT molecular complexity index is 1440. The maximum atomic E-state index is 12.4. The van der Waals surface area contributed by atoms with E-state index in [2.05, 4.69) is 45.6 Å². The number of nitrogen functional groups attached to an aromatic ring is 1. The van der Waals surface area contributed by atoms with Crippen LogP contribution in [0.1, 0.15) is 10.5 Å². The number of anilines is 1. The second-order valence-corrected chi connectivity index (χ2v) is 7.14. The Morgan fingerprint density at radius 3 is 2.66 bits per heavy atom. The number of aromatic amines is 1. The van der Waals surface area contributed by atoms with Crippen LogP contribution in [0.5, 0.6) is 5.88 Å². The SMILES string of the molecule is COc1cnc(N)c(C(=O)O)n1.O=c1[nH]c2ncc(Br)nc2c(=O)n1-c1cccc(Cl)c1. The van der Waals surface area contributed by atoms with Crippen molar-refractivity contribution in [1.82, 2.24) is 29.5 Å². The van der Waals surface area contributed by atoms with E-state index in [1.54, 1.807) is 18.2 Å². The topological polar surface area (TPSA) is 179 Å². The quantitative estimate of drug-likeness (QED) is 0.358. The molecule has 4 aromatic rings. The summed E-state index contributed by atoms with van der Waals surface area (Å²) in [7, 11) is 1.37. The molecule has 0 aliphatic rings. The summed E-state index contributed by atoms with van der Waals surface area (Å²) < 4.78 is 6.04. The number of aromatic nitrogens is 6. The Morgan fingerprint density at radius 1 is 1.25 bits per heavy atom. The first kappa shape index (κ1) is 22.8. The smallest absolute Gasteiger partial charge is 0.358 e. The number of methoxy groups -OCH3 is 1. The second kappa shape index (κ2) is 9.53. The molecule has 0 fully saturated rings. The summed E-state index contributed by atoms with van der Waals surface area (Å²) in [5.74, 6) is -1.22. The third kappa shape index (κ3) is 4.90. The molecule has 12 nitrogen and oxygen atoms in total. The molecule has 0 aliphatic carbocycles. The van der Waals surface area contributed by atoms with Crippen LogP contribution in [0.25, 0.3) is 16.9 Å². The number of H-pyrrole nitrogens is 1. The Hall–Kier alpha value is -3.84. The summed E-state index contributed by atoms with van der Waals surface area (Å²) >= 11 is 9.02. The Morgan fingerprint density at radius 2 is 2.00 bits per heavy atom. The molecule has 0 amide bonds. The molecule has 32 heavy (non-hydrogen) atoms. The van der Waals surface area contributed by atoms with Gasteiger partial charge in [0.2, 0.25) is 5.88 Å². The fourth-order valence-corrected chi connectivity index (χ4v) is 2.92. The maximum absolute atomic E-state index is 12.4. The molecule has 0 spiro atoms. The number of carbonyl (C=O) groups is 1. The van der Waals surface area contributed by atoms with Gasteiger partial charge in [-0.15, -0.1) is 0 Å². The first-order valence-electron chi connectivity index (χ1n) is 8.54. The molecule has 3 aromatic heterocycles. The van der Waals surface area contributed by atoms with Gasteiger partial charge in [-0.2, -0.15) is 0 Å². The van der Waals surface area contributed by atoms with Gasteiger partial charge < -0.3 is 15.6 Å². The van der Waals surface area contributed by atoms with Gasteiger partial charge in [0.15, 0.2) is 22.7 Å². The number of ether oxygens (including phenoxy) is 1. The molecule has 0 unspecified atom stereocenters. The van der Waals surface area contributed by atoms with E-state index in [4.69, 9.17) is 22.4 Å². The highest BCUT2D eigenvalue weighted by atomic mass is 79.9. The van der Waals surface area contributed by atoms with Crippen molar-refractivity contribution in [2.24, 2.45) is 0 Å². The van der Waals surface area contributed by atoms with Crippen molar-refractivity contribution in [3.05, 3.63) is 72.8 Å². The van der Waals surface area contributed by atoms with E-state index < -0.39 is 17.2 Å². The maximum Gasteiger partial charge on any atom is 0.358 e. The molecule has 0 bridgehead atoms. The highest BCUT2D eigenvalue weighted by Crippen LogP contribution is 2.13. The summed E-state index contributed by atoms with van der Waals surface area (Å²) in [4.78, 5) is 52.5. The summed E-state index contributed by atoms with van der Waals surface area (Å²) in [6, 6.07) is 6.44. The van der Waals surface area contributed by atoms with Crippen LogP contribution in [0, 0.1) is 0 Å². The van der Waals surface area contributed by atoms with Crippen LogP contribution in [-0.2, 0) is 0 Å². The summed E-state index contributed by atoms with van der Waals surface area (Å²) in [5, 5.41) is 8.97. The van der Waals surface area contributed by atoms with Crippen molar-refractivity contribution in [3.8, 4) is 11.6 Å². The van der Waals surface area contributed by atoms with Crippen molar-refractivity contribution < 1.29 is 14.6 Å². The van der Waals surface area contributed by atoms with E-state index in [-0.39, 0.29) is 28.6 Å². The lowest BCUT2D eigenvalue weighted by Crippen LogP contribution is -2.34. The predicted molar refractivity (Wildman–Crippen MR) is 118 cm³/mol. The molecule has 1 aromatic carbocycles. The van der Waals surface area contributed by atoms with E-state index in [0.29, 0.717) is 15.3 Å². The van der Waals surface area contributed by atoms with E-state index in [1.807, 2.05) is 0 Å². The number of carboxylic acids is 1. The van der Waals surface area contributed by atoms with Crippen LogP contribution in [-0.4, -0.2) is 47.7 Å². The van der Waals surface area contributed by atoms with Gasteiger partial charge in [-0.3, -0.25) is 9.78 Å². The van der Waals surface area contributed by atoms with E-state index >= 15 is 0 Å². The average Bonchev–Trinajstić information content (AvgIpc) is 2.75. The van der Waals surface area contributed by atoms with Crippen LogP contribution in [0.15, 0.2) is 50.9 Å². The Labute approximate surface area is 191 Å². The first-order valence-corrected chi connectivity index (χ1v) is 9.71. The molecule has 0 saturated heterocycles. The van der Waals surface area contributed by atoms with Crippen LogP contribution in [0.3, 0.4) is 0 Å². The van der Waals surface area contributed by atoms with Gasteiger partial charge in [0.25, 0.3) is 5.56 Å². The van der Waals surface area contributed by atoms with Gasteiger partial charge in [-0.05, 0) is 34.1 Å². The number of aromatic carboxylic acids is 1. The zero-order valence-corrected chi connectivity index (χ0v) is 18.5. The van der Waals surface area contributed by atoms with Crippen molar-refractivity contribution in [2.75, 3.05) is 12.8 Å². The van der Waals surface area contributed by atoms with Crippen LogP contribution in [0.4, 0.5) is 5.82 Å². The highest BCUT2D eigenvalue weighted by molar-refractivity contribution is 9.10. The monoisotopic (exact) mass is 521 g/mol. The molecule has 4 N–H and O–H groups in total. The highest BCUT2D eigenvalue weighted by Gasteiger charge is 2.13. The van der Waals surface area contributed by atoms with E-state index in [1.165, 1.54) is 25.6 Å². The fourth-order valence-electron chi connectivity index (χ4n) is 2.45. The number of nitrogens with one attached hydrogen (secondary N) is 1. The lowest BCUT2D eigenvalue weighted by molar-refractivity contribution is 0.0690. The number of hydrogen-bond donors (Lipinski definition) is 3. The molecule has 0 aliphatic heterocycles. The molecule has 0 atom stereocenters. The first-order chi connectivity index (χ1) is 15.2. The van der Waals surface area contributed by atoms with Crippen molar-refractivity contribution in [2.45, 2.75) is 0 Å². The number of nitrogens with zero attached hydrogens (tertiary/aromatic N) is 5. The number of benzene rings is 1. The number of rotatable bonds is 3. The third-order valence-corrected chi connectivity index (χ3v) is 4.45. The molecular weight excluding hydrogens is 510 g/mol. The second-order valence-electron chi connectivity index (χ2n) is 5.89. The summed E-state index contributed by atoms with van der Waals surface area (Å²) in [5.41, 5.74) is 4.36. The predicted octanol–water partition coefficient (Wildman–Crippen LogP) is 1.65. The van der Waals surface area contributed by atoms with E-state index in [9.17, 15) is 14.4 Å². The normalized spacial score (nSPS) is 10.3. The minimum absolute atomic E-state index is 0.0685. The number of halogens is 2. The lowest BCUT2D eigenvalue weighted by Gasteiger charge is -2.05. The van der Waals surface area contributed by atoms with Crippen molar-refractivity contribution >= 4 is 50.5 Å². The minimum Gasteiger partial charge on any atom is -0.480 e. The Balaban J connectivity index is 0.000000207. The fraction of sp³-hybridized carbons (Fsp3) is 0.0556. The van der Waals surface area contributed by atoms with Crippen molar-refractivity contribution in [1.29, 1.82) is 0 Å². The number of nitrogens with two attached hydrogens (primary N) is 1. The molecule has 4 rings (SSSR count). The minimum atomic E-state index is -1.22. The van der Waals surface area contributed by atoms with Crippen LogP contribution in [0.2, 0.25) is 5.02 Å². The van der Waals surface area contributed by atoms with Crippen LogP contribution < -0.4 is 21.7 Å². The summed E-state index contributed by atoms with van der Waals surface area (Å²) in [6.07, 6.45) is 2.66. The number of carboxylic acid groups (broad SMARTS) is 1. The van der Waals surface area contributed by atoms with Gasteiger partial charge in [0.05, 0.1) is 25.2 Å². The van der Waals surface area contributed by atoms with E-state index in [0.717, 1.165) is 4.57 Å². The molecule has 0 saturated carbocycles. The zero-order valence-electron chi connectivity index (χ0n) is 16.1. The Kier molecular flexibility index (Phi) is 6.80. The van der Waals surface area contributed by atoms with Gasteiger partial charge in [0.1, 0.15) is 4.60 Å². The molecule has 164 valence electrons. The molecule has 0 radical (unpaired) electrons. The van der Waals surface area contributed by atoms with Gasteiger partial charge in [0, 0.05) is 5.02 Å². The molecule has 3 heterocycles. The van der Waals surface area contributed by atoms with Crippen LogP contribution >= 0.6 is 27.5 Å². The van der Waals surface area contributed by atoms with Gasteiger partial charge in [-0.1, -0.05) is 17.7 Å². The van der Waals surface area contributed by atoms with Gasteiger partial charge in [-0.25, -0.2) is 34.1 Å². The lowest BCUT2D eigenvalue weighted by atomic mass is 10.3. The third-order valence-electron chi connectivity index (χ3n) is 3.83. The average molecular weight is 523 g/mol. The molecular formula is C18H13BrClN7O5. The largest absolute Gasteiger partial charge is 0.480 e. The van der Waals surface area contributed by atoms with Crippen molar-refractivity contribution in [3.63, 3.8) is 0 Å².